The fourth-order valence-electron chi connectivity index (χ4n) is 1.32. The molecule has 6 nitrogen and oxygen atoms in total. The molecule has 0 bridgehead atoms. The molecule has 0 saturated carbocycles. The highest BCUT2D eigenvalue weighted by molar-refractivity contribution is 6.30. The molecule has 104 valence electrons. The predicted octanol–water partition coefficient (Wildman–Crippen LogP) is 0.141. The molecule has 0 aliphatic carbocycles. The molecule has 0 aliphatic heterocycles. The van der Waals surface area contributed by atoms with Gasteiger partial charge in [-0.15, -0.1) is 0 Å². The van der Waals surface area contributed by atoms with Crippen molar-refractivity contribution in [3.8, 4) is 5.75 Å². The Kier molecular flexibility index (Phi) is 5.81. The summed E-state index contributed by atoms with van der Waals surface area (Å²) in [6.45, 7) is 0.749. The van der Waals surface area contributed by atoms with Gasteiger partial charge in [-0.1, -0.05) is 11.6 Å². The number of ether oxygens (including phenoxy) is 1. The summed E-state index contributed by atoms with van der Waals surface area (Å²) in [6, 6.07) is 6.99. The molecule has 0 saturated heterocycles. The van der Waals surface area contributed by atoms with Crippen molar-refractivity contribution < 1.29 is 9.53 Å². The molecule has 0 spiro atoms. The minimum Gasteiger partial charge on any atom is -0.492 e. The van der Waals surface area contributed by atoms with Crippen molar-refractivity contribution in [3.05, 3.63) is 40.8 Å². The largest absolute Gasteiger partial charge is 0.492 e. The summed E-state index contributed by atoms with van der Waals surface area (Å²) in [6.07, 6.45) is 0. The van der Waals surface area contributed by atoms with Crippen LogP contribution in [0.5, 0.6) is 5.75 Å². The Hall–Kier alpha value is -2.08. The average Bonchev–Trinajstić information content (AvgIpc) is 2.39. The number of benzene rings is 1. The molecule has 1 aromatic carbocycles. The fraction of sp³-hybridized carbons (Fsp3) is 0.250. The van der Waals surface area contributed by atoms with E-state index in [2.05, 4.69) is 10.6 Å². The normalized spacial score (nSPS) is 11.5. The molecule has 0 aliphatic rings. The zero-order valence-electron chi connectivity index (χ0n) is 10.6. The Labute approximate surface area is 116 Å². The zero-order valence-corrected chi connectivity index (χ0v) is 11.3. The van der Waals surface area contributed by atoms with Gasteiger partial charge in [0.15, 0.2) is 0 Å². The third-order valence-electron chi connectivity index (χ3n) is 2.27. The van der Waals surface area contributed by atoms with Crippen LogP contribution < -0.4 is 26.8 Å². The van der Waals surface area contributed by atoms with Crippen LogP contribution in [0.15, 0.2) is 35.8 Å². The van der Waals surface area contributed by atoms with Crippen LogP contribution in [-0.4, -0.2) is 26.1 Å². The van der Waals surface area contributed by atoms with E-state index in [1.54, 1.807) is 31.3 Å². The van der Waals surface area contributed by atoms with E-state index >= 15 is 0 Å². The first-order chi connectivity index (χ1) is 9.04. The van der Waals surface area contributed by atoms with E-state index in [4.69, 9.17) is 27.8 Å². The molecule has 0 fully saturated rings. The van der Waals surface area contributed by atoms with Crippen molar-refractivity contribution in [1.82, 2.24) is 10.6 Å². The van der Waals surface area contributed by atoms with E-state index in [1.807, 2.05) is 0 Å². The van der Waals surface area contributed by atoms with E-state index in [0.29, 0.717) is 23.9 Å². The maximum absolute atomic E-state index is 11.1. The lowest BCUT2D eigenvalue weighted by Crippen LogP contribution is -2.35. The second-order valence-electron chi connectivity index (χ2n) is 3.63. The van der Waals surface area contributed by atoms with Gasteiger partial charge < -0.3 is 26.8 Å². The van der Waals surface area contributed by atoms with E-state index in [0.717, 1.165) is 0 Å². The summed E-state index contributed by atoms with van der Waals surface area (Å²) >= 11 is 5.75. The molecular formula is C12H17ClN4O2. The van der Waals surface area contributed by atoms with E-state index in [9.17, 15) is 4.79 Å². The number of nitrogens with one attached hydrogen (secondary N) is 2. The molecule has 0 heterocycles. The van der Waals surface area contributed by atoms with Crippen LogP contribution in [0.4, 0.5) is 0 Å². The maximum atomic E-state index is 11.1. The Balaban J connectivity index is 2.41. The van der Waals surface area contributed by atoms with Gasteiger partial charge in [0.05, 0.1) is 0 Å². The van der Waals surface area contributed by atoms with Crippen LogP contribution in [0.2, 0.25) is 5.02 Å². The van der Waals surface area contributed by atoms with Gasteiger partial charge in [-0.3, -0.25) is 4.79 Å². The third-order valence-corrected chi connectivity index (χ3v) is 2.52. The molecule has 6 N–H and O–H groups in total. The van der Waals surface area contributed by atoms with Gasteiger partial charge in [0.25, 0.3) is 5.91 Å². The van der Waals surface area contributed by atoms with Crippen molar-refractivity contribution in [3.63, 3.8) is 0 Å². The van der Waals surface area contributed by atoms with E-state index < -0.39 is 5.91 Å². The number of hydrogen-bond acceptors (Lipinski definition) is 5. The van der Waals surface area contributed by atoms with Crippen LogP contribution in [0.1, 0.15) is 0 Å². The van der Waals surface area contributed by atoms with Gasteiger partial charge in [-0.25, -0.2) is 0 Å². The zero-order chi connectivity index (χ0) is 14.3. The highest BCUT2D eigenvalue weighted by Gasteiger charge is 2.08. The van der Waals surface area contributed by atoms with Crippen molar-refractivity contribution >= 4 is 17.5 Å². The standard InChI is InChI=1S/C12H17ClN4O2/c1-16-11(14)10(12(15)18)17-6-7-19-9-4-2-8(13)3-5-9/h2-5,16-17H,6-7,14H2,1H3,(H2,15,18)/b11-10+. The second-order valence-corrected chi connectivity index (χ2v) is 4.07. The van der Waals surface area contributed by atoms with Crippen LogP contribution in [0.25, 0.3) is 0 Å². The van der Waals surface area contributed by atoms with Crippen LogP contribution in [-0.2, 0) is 4.79 Å². The molecule has 0 atom stereocenters. The second kappa shape index (κ2) is 7.38. The molecule has 7 heteroatoms. The lowest BCUT2D eigenvalue weighted by atomic mass is 10.3. The van der Waals surface area contributed by atoms with Gasteiger partial charge in [0, 0.05) is 18.6 Å². The highest BCUT2D eigenvalue weighted by atomic mass is 35.5. The minimum atomic E-state index is -0.627. The number of nitrogens with two attached hydrogens (primary N) is 2. The first kappa shape index (κ1) is 15.0. The Bertz CT molecular complexity index is 459. The first-order valence-electron chi connectivity index (χ1n) is 5.64. The molecule has 1 rings (SSSR count). The molecule has 0 unspecified atom stereocenters. The molecule has 0 radical (unpaired) electrons. The quantitative estimate of drug-likeness (QED) is 0.421. The molecule has 0 aromatic heterocycles. The van der Waals surface area contributed by atoms with Crippen LogP contribution >= 0.6 is 11.6 Å². The van der Waals surface area contributed by atoms with Crippen molar-refractivity contribution in [1.29, 1.82) is 0 Å². The minimum absolute atomic E-state index is 0.141. The summed E-state index contributed by atoms with van der Waals surface area (Å²) in [4.78, 5) is 11.1. The molecule has 1 amide bonds. The molecule has 19 heavy (non-hydrogen) atoms. The number of rotatable bonds is 7. The fourth-order valence-corrected chi connectivity index (χ4v) is 1.44. The predicted molar refractivity (Wildman–Crippen MR) is 74.4 cm³/mol. The molecule has 1 aromatic rings. The average molecular weight is 285 g/mol. The Morgan fingerprint density at radius 1 is 1.32 bits per heavy atom. The van der Waals surface area contributed by atoms with Gasteiger partial charge in [0.2, 0.25) is 0 Å². The van der Waals surface area contributed by atoms with Gasteiger partial charge in [0.1, 0.15) is 23.9 Å². The highest BCUT2D eigenvalue weighted by Crippen LogP contribution is 2.15. The van der Waals surface area contributed by atoms with Gasteiger partial charge in [-0.2, -0.15) is 0 Å². The Morgan fingerprint density at radius 3 is 2.47 bits per heavy atom. The summed E-state index contributed by atoms with van der Waals surface area (Å²) < 4.78 is 5.45. The van der Waals surface area contributed by atoms with Crippen molar-refractivity contribution in [2.45, 2.75) is 0 Å². The number of carbonyl (C=O) groups excluding carboxylic acids is 1. The monoisotopic (exact) mass is 284 g/mol. The first-order valence-corrected chi connectivity index (χ1v) is 6.02. The van der Waals surface area contributed by atoms with Crippen molar-refractivity contribution in [2.75, 3.05) is 20.2 Å². The number of hydrogen-bond donors (Lipinski definition) is 4. The van der Waals surface area contributed by atoms with Gasteiger partial charge in [-0.05, 0) is 24.3 Å². The van der Waals surface area contributed by atoms with Crippen LogP contribution in [0, 0.1) is 0 Å². The Morgan fingerprint density at radius 2 is 1.95 bits per heavy atom. The maximum Gasteiger partial charge on any atom is 0.268 e. The third kappa shape index (κ3) is 4.97. The molecular weight excluding hydrogens is 268 g/mol. The van der Waals surface area contributed by atoms with E-state index in [1.165, 1.54) is 0 Å². The number of carbonyl (C=O) groups is 1. The number of halogens is 1. The lowest BCUT2D eigenvalue weighted by molar-refractivity contribution is -0.115. The summed E-state index contributed by atoms with van der Waals surface area (Å²) in [5.74, 6) is 0.259. The summed E-state index contributed by atoms with van der Waals surface area (Å²) in [5, 5.41) is 6.11. The number of primary amides is 1. The summed E-state index contributed by atoms with van der Waals surface area (Å²) in [5.41, 5.74) is 10.9. The van der Waals surface area contributed by atoms with Crippen LogP contribution in [0.3, 0.4) is 0 Å². The van der Waals surface area contributed by atoms with Crippen molar-refractivity contribution in [2.24, 2.45) is 11.5 Å². The van der Waals surface area contributed by atoms with E-state index in [-0.39, 0.29) is 11.5 Å². The smallest absolute Gasteiger partial charge is 0.268 e. The lowest BCUT2D eigenvalue weighted by Gasteiger charge is -2.12. The van der Waals surface area contributed by atoms with Gasteiger partial charge >= 0.3 is 0 Å². The summed E-state index contributed by atoms with van der Waals surface area (Å²) in [7, 11) is 1.60. The number of amides is 1. The SMILES string of the molecule is CN/C(N)=C(/NCCOc1ccc(Cl)cc1)C(N)=O. The topological polar surface area (TPSA) is 102 Å².